The molecule has 2 saturated heterocycles. The molecule has 9 N–H and O–H groups in total. The third kappa shape index (κ3) is 39.2. The van der Waals surface area contributed by atoms with E-state index in [1.807, 2.05) is 0 Å². The summed E-state index contributed by atoms with van der Waals surface area (Å²) in [5.74, 6) is -0.201. The summed E-state index contributed by atoms with van der Waals surface area (Å²) in [6, 6.07) is -0.824. The number of ether oxygens (including phenoxy) is 4. The number of nitrogens with one attached hydrogen (secondary N) is 1. The summed E-state index contributed by atoms with van der Waals surface area (Å²) in [6.07, 6.45) is 50.8. The predicted octanol–water partition coefficient (Wildman–Crippen LogP) is 14.0. The van der Waals surface area contributed by atoms with Gasteiger partial charge in [0.2, 0.25) is 5.91 Å². The maximum Gasteiger partial charge on any atom is 0.220 e. The zero-order valence-corrected chi connectivity index (χ0v) is 53.2. The first kappa shape index (κ1) is 77.6. The van der Waals surface area contributed by atoms with Crippen LogP contribution in [0.3, 0.4) is 0 Å². The number of hydrogen-bond acceptors (Lipinski definition) is 13. The van der Waals surface area contributed by atoms with Gasteiger partial charge in [0.1, 0.15) is 48.8 Å². The van der Waals surface area contributed by atoms with Gasteiger partial charge in [0, 0.05) is 6.42 Å². The lowest BCUT2D eigenvalue weighted by molar-refractivity contribution is -0.359. The molecule has 2 aliphatic rings. The molecule has 14 heteroatoms. The van der Waals surface area contributed by atoms with Crippen molar-refractivity contribution in [1.29, 1.82) is 0 Å². The summed E-state index contributed by atoms with van der Waals surface area (Å²) in [5.41, 5.74) is 0. The Bertz CT molecular complexity index is 1490. The Balaban J connectivity index is 1.54. The molecule has 12 atom stereocenters. The van der Waals surface area contributed by atoms with Gasteiger partial charge in [-0.15, -0.1) is 0 Å². The molecule has 0 aliphatic carbocycles. The number of unbranched alkanes of at least 4 members (excludes halogenated alkanes) is 41. The fourth-order valence-electron chi connectivity index (χ4n) is 11.8. The van der Waals surface area contributed by atoms with Crippen molar-refractivity contribution in [1.82, 2.24) is 5.32 Å². The summed E-state index contributed by atoms with van der Waals surface area (Å²) < 4.78 is 22.9. The lowest BCUT2D eigenvalue weighted by atomic mass is 9.97. The number of carbonyl (C=O) groups is 1. The minimum Gasteiger partial charge on any atom is -0.394 e. The Hall–Kier alpha value is -1.53. The van der Waals surface area contributed by atoms with Gasteiger partial charge in [-0.2, -0.15) is 0 Å². The van der Waals surface area contributed by atoms with E-state index in [4.69, 9.17) is 18.9 Å². The standard InChI is InChI=1S/C69H131NO13/c1-3-5-7-9-11-13-15-17-18-19-20-21-22-23-24-25-26-27-28-29-30-31-32-33-34-35-36-37-38-39-40-41-43-45-47-49-51-53-61(74)70-57(58(73)52-50-48-46-44-42-16-14-12-10-8-6-4-2)56-80-68-66(79)64(77)67(60(55-72)82-68)83-69-65(78)63(76)62(75)59(54-71)81-69/h15,17,19-20,57-60,62-69,71-73,75-79H,3-14,16,18,21-56H2,1-2H3,(H,70,74)/b17-15-,20-19-. The fraction of sp³-hybridized carbons (Fsp3) is 0.928. The molecule has 2 rings (SSSR count). The highest BCUT2D eigenvalue weighted by atomic mass is 16.7. The lowest BCUT2D eigenvalue weighted by Crippen LogP contribution is -2.65. The van der Waals surface area contributed by atoms with Crippen LogP contribution in [0.15, 0.2) is 24.3 Å². The summed E-state index contributed by atoms with van der Waals surface area (Å²) in [7, 11) is 0. The van der Waals surface area contributed by atoms with E-state index < -0.39 is 86.8 Å². The van der Waals surface area contributed by atoms with Gasteiger partial charge >= 0.3 is 0 Å². The van der Waals surface area contributed by atoms with Crippen LogP contribution in [0.25, 0.3) is 0 Å². The van der Waals surface area contributed by atoms with Crippen LogP contribution in [-0.4, -0.2) is 140 Å². The van der Waals surface area contributed by atoms with Crippen LogP contribution in [0.2, 0.25) is 0 Å². The zero-order valence-electron chi connectivity index (χ0n) is 53.2. The highest BCUT2D eigenvalue weighted by Gasteiger charge is 2.51. The minimum atomic E-state index is -1.78. The van der Waals surface area contributed by atoms with Gasteiger partial charge in [-0.3, -0.25) is 4.79 Å². The number of carbonyl (C=O) groups excluding carboxylic acids is 1. The number of aliphatic hydroxyl groups excluding tert-OH is 8. The molecular formula is C69H131NO13. The molecule has 2 fully saturated rings. The Labute approximate surface area is 507 Å². The molecule has 0 aromatic carbocycles. The van der Waals surface area contributed by atoms with E-state index in [0.717, 1.165) is 57.8 Å². The first-order valence-corrected chi connectivity index (χ1v) is 35.1. The van der Waals surface area contributed by atoms with E-state index >= 15 is 0 Å². The average Bonchev–Trinajstić information content (AvgIpc) is 3.58. The van der Waals surface area contributed by atoms with Crippen LogP contribution >= 0.6 is 0 Å². The molecule has 1 amide bonds. The van der Waals surface area contributed by atoms with Crippen molar-refractivity contribution in [2.24, 2.45) is 0 Å². The maximum atomic E-state index is 13.3. The van der Waals surface area contributed by atoms with E-state index in [1.54, 1.807) is 0 Å². The molecule has 2 aliphatic heterocycles. The maximum absolute atomic E-state index is 13.3. The van der Waals surface area contributed by atoms with Crippen molar-refractivity contribution in [3.8, 4) is 0 Å². The van der Waals surface area contributed by atoms with Crippen LogP contribution in [0, 0.1) is 0 Å². The summed E-state index contributed by atoms with van der Waals surface area (Å²) in [4.78, 5) is 13.3. The first-order chi connectivity index (χ1) is 40.6. The summed E-state index contributed by atoms with van der Waals surface area (Å²) >= 11 is 0. The van der Waals surface area contributed by atoms with Gasteiger partial charge in [-0.25, -0.2) is 0 Å². The Morgan fingerprint density at radius 2 is 0.795 bits per heavy atom. The first-order valence-electron chi connectivity index (χ1n) is 35.1. The molecular weight excluding hydrogens is 1050 g/mol. The van der Waals surface area contributed by atoms with Crippen molar-refractivity contribution in [3.63, 3.8) is 0 Å². The van der Waals surface area contributed by atoms with Gasteiger partial charge in [-0.05, 0) is 44.9 Å². The number of amides is 1. The van der Waals surface area contributed by atoms with Gasteiger partial charge in [0.05, 0.1) is 32.0 Å². The van der Waals surface area contributed by atoms with Crippen molar-refractivity contribution in [2.45, 2.75) is 389 Å². The molecule has 83 heavy (non-hydrogen) atoms. The minimum absolute atomic E-state index is 0.201. The van der Waals surface area contributed by atoms with E-state index in [-0.39, 0.29) is 12.5 Å². The smallest absolute Gasteiger partial charge is 0.220 e. The normalized spacial score (nSPS) is 23.9. The molecule has 0 bridgehead atoms. The number of aliphatic hydroxyl groups is 8. The van der Waals surface area contributed by atoms with Crippen molar-refractivity contribution >= 4 is 5.91 Å². The molecule has 490 valence electrons. The van der Waals surface area contributed by atoms with Gasteiger partial charge in [0.15, 0.2) is 12.6 Å². The van der Waals surface area contributed by atoms with E-state index in [1.165, 1.54) is 231 Å². The van der Waals surface area contributed by atoms with Crippen LogP contribution in [0.4, 0.5) is 0 Å². The molecule has 0 spiro atoms. The third-order valence-electron chi connectivity index (χ3n) is 17.4. The van der Waals surface area contributed by atoms with Crippen molar-refractivity contribution in [3.05, 3.63) is 24.3 Å². The van der Waals surface area contributed by atoms with Crippen LogP contribution in [-0.2, 0) is 23.7 Å². The zero-order chi connectivity index (χ0) is 60.2. The van der Waals surface area contributed by atoms with Gasteiger partial charge in [-0.1, -0.05) is 289 Å². The summed E-state index contributed by atoms with van der Waals surface area (Å²) in [6.45, 7) is 2.87. The van der Waals surface area contributed by atoms with Crippen molar-refractivity contribution < 1.29 is 64.6 Å². The lowest BCUT2D eigenvalue weighted by Gasteiger charge is -2.46. The monoisotopic (exact) mass is 1180 g/mol. The Morgan fingerprint density at radius 3 is 1.20 bits per heavy atom. The molecule has 12 unspecified atom stereocenters. The van der Waals surface area contributed by atoms with E-state index in [0.29, 0.717) is 12.8 Å². The second kappa shape index (κ2) is 54.6. The number of rotatable bonds is 58. The van der Waals surface area contributed by atoms with E-state index in [9.17, 15) is 45.6 Å². The second-order valence-electron chi connectivity index (χ2n) is 25.0. The van der Waals surface area contributed by atoms with E-state index in [2.05, 4.69) is 43.5 Å². The molecule has 0 aromatic rings. The van der Waals surface area contributed by atoms with Crippen LogP contribution in [0.5, 0.6) is 0 Å². The predicted molar refractivity (Wildman–Crippen MR) is 337 cm³/mol. The molecule has 0 saturated carbocycles. The third-order valence-corrected chi connectivity index (χ3v) is 17.4. The highest BCUT2D eigenvalue weighted by molar-refractivity contribution is 5.76. The van der Waals surface area contributed by atoms with Gasteiger partial charge in [0.25, 0.3) is 0 Å². The topological polar surface area (TPSA) is 228 Å². The number of allylic oxidation sites excluding steroid dienone is 4. The number of hydrogen-bond donors (Lipinski definition) is 9. The molecule has 0 radical (unpaired) electrons. The highest BCUT2D eigenvalue weighted by Crippen LogP contribution is 2.30. The molecule has 2 heterocycles. The Kier molecular flexibility index (Phi) is 51.0. The van der Waals surface area contributed by atoms with Crippen LogP contribution in [0.1, 0.15) is 316 Å². The summed E-state index contributed by atoms with van der Waals surface area (Å²) in [5, 5.41) is 87.3. The average molecular weight is 1180 g/mol. The quantitative estimate of drug-likeness (QED) is 0.0204. The SMILES string of the molecule is CCCCCCC/C=C\C/C=C\CCCCCCCCCCCCCCCCCCCCCCCCCCCC(=O)NC(COC1OC(CO)C(OC2OC(CO)C(O)C(O)C2O)C(O)C1O)C(O)CCCCCCCCCCCCCC. The van der Waals surface area contributed by atoms with Crippen LogP contribution < -0.4 is 5.32 Å². The Morgan fingerprint density at radius 1 is 0.434 bits per heavy atom. The fourth-order valence-corrected chi connectivity index (χ4v) is 11.8. The largest absolute Gasteiger partial charge is 0.394 e. The van der Waals surface area contributed by atoms with Crippen molar-refractivity contribution in [2.75, 3.05) is 19.8 Å². The van der Waals surface area contributed by atoms with Gasteiger partial charge < -0.3 is 65.1 Å². The second-order valence-corrected chi connectivity index (χ2v) is 25.0. The molecule has 0 aromatic heterocycles. The molecule has 14 nitrogen and oxygen atoms in total.